The molecule has 1 N–H and O–H groups in total. The molecule has 1 heterocycles. The molecule has 2 nitrogen and oxygen atoms in total. The van der Waals surface area contributed by atoms with Gasteiger partial charge in [0.15, 0.2) is 0 Å². The van der Waals surface area contributed by atoms with Crippen LogP contribution in [0.2, 0.25) is 0 Å². The molecule has 0 saturated heterocycles. The number of hydrogen-bond donors (Lipinski definition) is 1. The lowest BCUT2D eigenvalue weighted by Crippen LogP contribution is -2.31. The van der Waals surface area contributed by atoms with Gasteiger partial charge in [0.05, 0.1) is 6.26 Å². The normalized spacial score (nSPS) is 21.6. The smallest absolute Gasteiger partial charge is 0.103 e. The highest BCUT2D eigenvalue weighted by atomic mass is 16.3. The van der Waals surface area contributed by atoms with E-state index in [0.29, 0.717) is 6.04 Å². The molecule has 2 atom stereocenters. The molecule has 0 fully saturated rings. The molecule has 94 valence electrons. The molecule has 0 radical (unpaired) electrons. The summed E-state index contributed by atoms with van der Waals surface area (Å²) < 4.78 is 5.34. The van der Waals surface area contributed by atoms with E-state index in [-0.39, 0.29) is 0 Å². The summed E-state index contributed by atoms with van der Waals surface area (Å²) in [6.07, 6.45) is 12.4. The Labute approximate surface area is 104 Å². The van der Waals surface area contributed by atoms with E-state index in [4.69, 9.17) is 4.42 Å². The summed E-state index contributed by atoms with van der Waals surface area (Å²) in [7, 11) is 0. The summed E-state index contributed by atoms with van der Waals surface area (Å²) in [6.45, 7) is 3.42. The van der Waals surface area contributed by atoms with Gasteiger partial charge in [-0.1, -0.05) is 12.2 Å². The maximum absolute atomic E-state index is 5.34. The van der Waals surface area contributed by atoms with Crippen LogP contribution in [-0.2, 0) is 6.42 Å². The van der Waals surface area contributed by atoms with Gasteiger partial charge in [0.25, 0.3) is 0 Å². The second kappa shape index (κ2) is 6.65. The lowest BCUT2D eigenvalue weighted by Gasteiger charge is -2.21. The molecule has 0 saturated carbocycles. The lowest BCUT2D eigenvalue weighted by molar-refractivity contribution is 0.394. The molecule has 0 amide bonds. The van der Waals surface area contributed by atoms with Crippen molar-refractivity contribution in [1.82, 2.24) is 5.32 Å². The molecule has 17 heavy (non-hydrogen) atoms. The average molecular weight is 233 g/mol. The number of furan rings is 1. The highest BCUT2D eigenvalue weighted by Crippen LogP contribution is 2.17. The van der Waals surface area contributed by atoms with Gasteiger partial charge in [0.1, 0.15) is 5.76 Å². The van der Waals surface area contributed by atoms with Crippen molar-refractivity contribution in [3.63, 3.8) is 0 Å². The van der Waals surface area contributed by atoms with E-state index in [1.807, 2.05) is 6.07 Å². The predicted molar refractivity (Wildman–Crippen MR) is 71.0 cm³/mol. The topological polar surface area (TPSA) is 25.2 Å². The maximum Gasteiger partial charge on any atom is 0.103 e. The van der Waals surface area contributed by atoms with Crippen molar-refractivity contribution in [2.75, 3.05) is 6.54 Å². The molecule has 2 rings (SSSR count). The van der Waals surface area contributed by atoms with E-state index in [0.717, 1.165) is 31.1 Å². The van der Waals surface area contributed by atoms with Crippen LogP contribution >= 0.6 is 0 Å². The summed E-state index contributed by atoms with van der Waals surface area (Å²) in [4.78, 5) is 0. The van der Waals surface area contributed by atoms with E-state index in [1.165, 1.54) is 19.3 Å². The highest BCUT2D eigenvalue weighted by molar-refractivity contribution is 4.98. The molecule has 0 aromatic carbocycles. The number of rotatable bonds is 6. The summed E-state index contributed by atoms with van der Waals surface area (Å²) in [5.74, 6) is 1.94. The van der Waals surface area contributed by atoms with Gasteiger partial charge in [-0.05, 0) is 57.2 Å². The Hall–Kier alpha value is -1.02. The SMILES string of the molecule is CC(CCc1ccco1)NCC1CC=CCC1. The van der Waals surface area contributed by atoms with Gasteiger partial charge in [-0.15, -0.1) is 0 Å². The van der Waals surface area contributed by atoms with Crippen molar-refractivity contribution in [2.24, 2.45) is 5.92 Å². The van der Waals surface area contributed by atoms with Crippen molar-refractivity contribution in [3.8, 4) is 0 Å². The molecular formula is C15H23NO. The van der Waals surface area contributed by atoms with E-state index < -0.39 is 0 Å². The van der Waals surface area contributed by atoms with Crippen LogP contribution in [0, 0.1) is 5.92 Å². The van der Waals surface area contributed by atoms with E-state index >= 15 is 0 Å². The molecule has 2 unspecified atom stereocenters. The second-order valence-electron chi connectivity index (χ2n) is 5.08. The average Bonchev–Trinajstić information content (AvgIpc) is 2.88. The lowest BCUT2D eigenvalue weighted by atomic mass is 9.94. The van der Waals surface area contributed by atoms with Crippen molar-refractivity contribution >= 4 is 0 Å². The molecular weight excluding hydrogens is 210 g/mol. The predicted octanol–water partition coefficient (Wildman–Crippen LogP) is 3.55. The van der Waals surface area contributed by atoms with Crippen LogP contribution in [-0.4, -0.2) is 12.6 Å². The van der Waals surface area contributed by atoms with Crippen LogP contribution in [0.15, 0.2) is 35.0 Å². The largest absolute Gasteiger partial charge is 0.469 e. The zero-order valence-electron chi connectivity index (χ0n) is 10.7. The first-order valence-electron chi connectivity index (χ1n) is 6.75. The molecule has 1 aliphatic carbocycles. The minimum absolute atomic E-state index is 0.575. The molecule has 0 aliphatic heterocycles. The zero-order valence-corrected chi connectivity index (χ0v) is 10.7. The van der Waals surface area contributed by atoms with Crippen molar-refractivity contribution < 1.29 is 4.42 Å². The summed E-state index contributed by atoms with van der Waals surface area (Å²) in [5, 5.41) is 3.64. The summed E-state index contributed by atoms with van der Waals surface area (Å²) >= 11 is 0. The van der Waals surface area contributed by atoms with E-state index in [1.54, 1.807) is 6.26 Å². The molecule has 2 heteroatoms. The Balaban J connectivity index is 1.60. The molecule has 1 aromatic heterocycles. The van der Waals surface area contributed by atoms with Crippen LogP contribution in [0.4, 0.5) is 0 Å². The van der Waals surface area contributed by atoms with Crippen LogP contribution in [0.1, 0.15) is 38.4 Å². The fourth-order valence-corrected chi connectivity index (χ4v) is 2.33. The first-order valence-corrected chi connectivity index (χ1v) is 6.75. The monoisotopic (exact) mass is 233 g/mol. The van der Waals surface area contributed by atoms with Crippen molar-refractivity contribution in [1.29, 1.82) is 0 Å². The minimum Gasteiger partial charge on any atom is -0.469 e. The van der Waals surface area contributed by atoms with Gasteiger partial charge in [-0.25, -0.2) is 0 Å². The maximum atomic E-state index is 5.34. The molecule has 0 bridgehead atoms. The zero-order chi connectivity index (χ0) is 11.9. The minimum atomic E-state index is 0.575. The standard InChI is InChI=1S/C15H23NO/c1-13(9-10-15-8-5-11-17-15)16-12-14-6-3-2-4-7-14/h2-3,5,8,11,13-14,16H,4,6-7,9-10,12H2,1H3. The van der Waals surface area contributed by atoms with Crippen molar-refractivity contribution in [2.45, 2.75) is 45.1 Å². The molecule has 0 spiro atoms. The highest BCUT2D eigenvalue weighted by Gasteiger charge is 2.11. The molecule has 1 aromatic rings. The fourth-order valence-electron chi connectivity index (χ4n) is 2.33. The molecule has 1 aliphatic rings. The van der Waals surface area contributed by atoms with Gasteiger partial charge in [0.2, 0.25) is 0 Å². The number of nitrogens with one attached hydrogen (secondary N) is 1. The van der Waals surface area contributed by atoms with Crippen molar-refractivity contribution in [3.05, 3.63) is 36.3 Å². The number of allylic oxidation sites excluding steroid dienone is 2. The Bertz CT molecular complexity index is 329. The quantitative estimate of drug-likeness (QED) is 0.760. The van der Waals surface area contributed by atoms with Crippen LogP contribution in [0.5, 0.6) is 0 Å². The van der Waals surface area contributed by atoms with Gasteiger partial charge < -0.3 is 9.73 Å². The van der Waals surface area contributed by atoms with E-state index in [9.17, 15) is 0 Å². The first kappa shape index (κ1) is 12.4. The van der Waals surface area contributed by atoms with Gasteiger partial charge in [-0.2, -0.15) is 0 Å². The van der Waals surface area contributed by atoms with Gasteiger partial charge >= 0.3 is 0 Å². The third kappa shape index (κ3) is 4.39. The summed E-state index contributed by atoms with van der Waals surface area (Å²) in [6, 6.07) is 4.59. The summed E-state index contributed by atoms with van der Waals surface area (Å²) in [5.41, 5.74) is 0. The number of aryl methyl sites for hydroxylation is 1. The Morgan fingerprint density at radius 1 is 1.47 bits per heavy atom. The second-order valence-corrected chi connectivity index (χ2v) is 5.08. The van der Waals surface area contributed by atoms with E-state index in [2.05, 4.69) is 30.5 Å². The van der Waals surface area contributed by atoms with Crippen LogP contribution in [0.25, 0.3) is 0 Å². The van der Waals surface area contributed by atoms with Crippen LogP contribution < -0.4 is 5.32 Å². The third-order valence-corrected chi connectivity index (χ3v) is 3.54. The van der Waals surface area contributed by atoms with Crippen LogP contribution in [0.3, 0.4) is 0 Å². The van der Waals surface area contributed by atoms with Gasteiger partial charge in [-0.3, -0.25) is 0 Å². The fraction of sp³-hybridized carbons (Fsp3) is 0.600. The third-order valence-electron chi connectivity index (χ3n) is 3.54. The van der Waals surface area contributed by atoms with Gasteiger partial charge in [0, 0.05) is 12.5 Å². The first-order chi connectivity index (χ1) is 8.34. The Kier molecular flexibility index (Phi) is 4.87. The Morgan fingerprint density at radius 2 is 2.41 bits per heavy atom. The Morgan fingerprint density at radius 3 is 3.12 bits per heavy atom. The number of hydrogen-bond acceptors (Lipinski definition) is 2.